The van der Waals surface area contributed by atoms with Gasteiger partial charge in [0.25, 0.3) is 0 Å². The third kappa shape index (κ3) is 4.41. The van der Waals surface area contributed by atoms with Crippen molar-refractivity contribution in [1.82, 2.24) is 9.62 Å². The smallest absolute Gasteiger partial charge is 0.243 e. The van der Waals surface area contributed by atoms with Gasteiger partial charge in [-0.05, 0) is 36.1 Å². The van der Waals surface area contributed by atoms with Crippen molar-refractivity contribution in [1.29, 1.82) is 0 Å². The lowest BCUT2D eigenvalue weighted by Crippen LogP contribution is -2.30. The van der Waals surface area contributed by atoms with Gasteiger partial charge in [-0.3, -0.25) is 0 Å². The maximum Gasteiger partial charge on any atom is 0.243 e. The second-order valence-electron chi connectivity index (χ2n) is 5.34. The Kier molecular flexibility index (Phi) is 6.35. The molecule has 4 nitrogen and oxygen atoms in total. The Balaban J connectivity index is 2.06. The van der Waals surface area contributed by atoms with E-state index in [1.165, 1.54) is 9.18 Å². The summed E-state index contributed by atoms with van der Waals surface area (Å²) in [7, 11) is -3.38. The summed E-state index contributed by atoms with van der Waals surface area (Å²) >= 11 is 1.73. The van der Waals surface area contributed by atoms with Gasteiger partial charge in [-0.25, -0.2) is 8.42 Å². The van der Waals surface area contributed by atoms with Crippen LogP contribution in [0, 0.1) is 0 Å². The van der Waals surface area contributed by atoms with Crippen molar-refractivity contribution < 1.29 is 8.42 Å². The lowest BCUT2D eigenvalue weighted by molar-refractivity contribution is 0.445. The first kappa shape index (κ1) is 18.1. The van der Waals surface area contributed by atoms with Gasteiger partial charge in [0.2, 0.25) is 10.0 Å². The monoisotopic (exact) mass is 352 g/mol. The summed E-state index contributed by atoms with van der Waals surface area (Å²) in [5.41, 5.74) is 1.08. The Morgan fingerprint density at radius 2 is 1.78 bits per heavy atom. The highest BCUT2D eigenvalue weighted by atomic mass is 32.2. The van der Waals surface area contributed by atoms with Crippen molar-refractivity contribution >= 4 is 21.4 Å². The summed E-state index contributed by atoms with van der Waals surface area (Å²) in [6.45, 7) is 7.58. The molecule has 0 aliphatic heterocycles. The highest BCUT2D eigenvalue weighted by Gasteiger charge is 2.21. The molecular weight excluding hydrogens is 328 g/mol. The molecule has 23 heavy (non-hydrogen) atoms. The third-order valence-electron chi connectivity index (χ3n) is 3.89. The summed E-state index contributed by atoms with van der Waals surface area (Å²) in [6, 6.07) is 11.5. The number of nitrogens with one attached hydrogen (secondary N) is 1. The van der Waals surface area contributed by atoms with Crippen LogP contribution >= 0.6 is 11.3 Å². The summed E-state index contributed by atoms with van der Waals surface area (Å²) in [5, 5.41) is 5.52. The molecule has 1 heterocycles. The summed E-state index contributed by atoms with van der Waals surface area (Å²) in [5.74, 6) is 0. The molecule has 1 aromatic carbocycles. The lowest BCUT2D eigenvalue weighted by atomic mass is 10.1. The van der Waals surface area contributed by atoms with Gasteiger partial charge < -0.3 is 5.32 Å². The molecule has 0 spiro atoms. The molecule has 0 saturated carbocycles. The van der Waals surface area contributed by atoms with E-state index in [0.717, 1.165) is 12.1 Å². The minimum absolute atomic E-state index is 0.169. The largest absolute Gasteiger partial charge is 0.305 e. The fourth-order valence-corrected chi connectivity index (χ4v) is 4.54. The molecule has 1 unspecified atom stereocenters. The van der Waals surface area contributed by atoms with Crippen LogP contribution in [-0.2, 0) is 16.6 Å². The molecule has 0 amide bonds. The summed E-state index contributed by atoms with van der Waals surface area (Å²) in [4.78, 5) is 1.65. The Morgan fingerprint density at radius 1 is 1.13 bits per heavy atom. The molecule has 1 atom stereocenters. The number of thiophene rings is 1. The van der Waals surface area contributed by atoms with E-state index >= 15 is 0 Å². The number of rotatable bonds is 8. The molecule has 2 aromatic rings. The van der Waals surface area contributed by atoms with Crippen LogP contribution in [0.1, 0.15) is 37.3 Å². The van der Waals surface area contributed by atoms with Gasteiger partial charge in [0.15, 0.2) is 0 Å². The second-order valence-corrected chi connectivity index (χ2v) is 8.31. The molecule has 1 aromatic heterocycles. The quantitative estimate of drug-likeness (QED) is 0.789. The standard InChI is InChI=1S/C17H24N2O2S2/c1-4-19(5-2)23(20,21)17-10-8-15(9-11-17)14(3)18-13-16-7-6-12-22-16/h6-12,14,18H,4-5,13H2,1-3H3. The van der Waals surface area contributed by atoms with Crippen molar-refractivity contribution in [3.05, 3.63) is 52.2 Å². The first-order valence-electron chi connectivity index (χ1n) is 7.85. The third-order valence-corrected chi connectivity index (χ3v) is 6.83. The maximum atomic E-state index is 12.5. The first-order valence-corrected chi connectivity index (χ1v) is 10.2. The zero-order chi connectivity index (χ0) is 16.9. The van der Waals surface area contributed by atoms with Gasteiger partial charge in [0.1, 0.15) is 0 Å². The number of hydrogen-bond acceptors (Lipinski definition) is 4. The van der Waals surface area contributed by atoms with E-state index in [4.69, 9.17) is 0 Å². The van der Waals surface area contributed by atoms with E-state index in [1.807, 2.05) is 32.0 Å². The van der Waals surface area contributed by atoms with Crippen LogP contribution < -0.4 is 5.32 Å². The van der Waals surface area contributed by atoms with Gasteiger partial charge in [0.05, 0.1) is 4.90 Å². The highest BCUT2D eigenvalue weighted by molar-refractivity contribution is 7.89. The fourth-order valence-electron chi connectivity index (χ4n) is 2.43. The van der Waals surface area contributed by atoms with Crippen LogP contribution in [0.2, 0.25) is 0 Å². The molecule has 0 saturated heterocycles. The van der Waals surface area contributed by atoms with Crippen LogP contribution in [0.3, 0.4) is 0 Å². The van der Waals surface area contributed by atoms with Gasteiger partial charge in [-0.1, -0.05) is 32.0 Å². The fraction of sp³-hybridized carbons (Fsp3) is 0.412. The van der Waals surface area contributed by atoms with E-state index < -0.39 is 10.0 Å². The van der Waals surface area contributed by atoms with Crippen LogP contribution in [0.15, 0.2) is 46.7 Å². The average Bonchev–Trinajstić information content (AvgIpc) is 3.07. The molecule has 0 bridgehead atoms. The molecule has 0 aliphatic carbocycles. The van der Waals surface area contributed by atoms with E-state index in [2.05, 4.69) is 23.7 Å². The van der Waals surface area contributed by atoms with Crippen molar-refractivity contribution in [2.75, 3.05) is 13.1 Å². The lowest BCUT2D eigenvalue weighted by Gasteiger charge is -2.19. The van der Waals surface area contributed by atoms with Gasteiger partial charge in [-0.2, -0.15) is 4.31 Å². The van der Waals surface area contributed by atoms with Crippen molar-refractivity contribution in [3.63, 3.8) is 0 Å². The zero-order valence-corrected chi connectivity index (χ0v) is 15.5. The number of nitrogens with zero attached hydrogens (tertiary/aromatic N) is 1. The number of sulfonamides is 1. The molecule has 0 aliphatic rings. The average molecular weight is 353 g/mol. The summed E-state index contributed by atoms with van der Waals surface area (Å²) < 4.78 is 26.4. The first-order chi connectivity index (χ1) is 11.0. The zero-order valence-electron chi connectivity index (χ0n) is 13.8. The SMILES string of the molecule is CCN(CC)S(=O)(=O)c1ccc(C(C)NCc2cccs2)cc1. The van der Waals surface area contributed by atoms with Crippen LogP contribution in [0.5, 0.6) is 0 Å². The van der Waals surface area contributed by atoms with E-state index in [9.17, 15) is 8.42 Å². The molecule has 1 N–H and O–H groups in total. The van der Waals surface area contributed by atoms with E-state index in [0.29, 0.717) is 18.0 Å². The van der Waals surface area contributed by atoms with Gasteiger partial charge in [-0.15, -0.1) is 11.3 Å². The second kappa shape index (κ2) is 8.06. The highest BCUT2D eigenvalue weighted by Crippen LogP contribution is 2.20. The predicted octanol–water partition coefficient (Wildman–Crippen LogP) is 3.63. The number of hydrogen-bond donors (Lipinski definition) is 1. The minimum atomic E-state index is -3.38. The van der Waals surface area contributed by atoms with Crippen molar-refractivity contribution in [2.24, 2.45) is 0 Å². The molecule has 2 rings (SSSR count). The Hall–Kier alpha value is -1.21. The minimum Gasteiger partial charge on any atom is -0.305 e. The number of benzene rings is 1. The normalized spacial score (nSPS) is 13.4. The van der Waals surface area contributed by atoms with E-state index in [-0.39, 0.29) is 6.04 Å². The van der Waals surface area contributed by atoms with Crippen LogP contribution in [0.4, 0.5) is 0 Å². The van der Waals surface area contributed by atoms with Crippen molar-refractivity contribution in [3.8, 4) is 0 Å². The molecule has 126 valence electrons. The topological polar surface area (TPSA) is 49.4 Å². The molecule has 0 radical (unpaired) electrons. The van der Waals surface area contributed by atoms with E-state index in [1.54, 1.807) is 23.5 Å². The van der Waals surface area contributed by atoms with Crippen molar-refractivity contribution in [2.45, 2.75) is 38.3 Å². The Morgan fingerprint density at radius 3 is 2.30 bits per heavy atom. The van der Waals surface area contributed by atoms with Crippen LogP contribution in [-0.4, -0.2) is 25.8 Å². The molecule has 6 heteroatoms. The Labute approximate surface area is 143 Å². The maximum absolute atomic E-state index is 12.5. The van der Waals surface area contributed by atoms with Gasteiger partial charge >= 0.3 is 0 Å². The predicted molar refractivity (Wildman–Crippen MR) is 96.1 cm³/mol. The molecule has 0 fully saturated rings. The Bertz CT molecular complexity index is 691. The van der Waals surface area contributed by atoms with Gasteiger partial charge in [0, 0.05) is 30.6 Å². The molecular formula is C17H24N2O2S2. The summed E-state index contributed by atoms with van der Waals surface area (Å²) in [6.07, 6.45) is 0. The van der Waals surface area contributed by atoms with Crippen LogP contribution in [0.25, 0.3) is 0 Å².